The summed E-state index contributed by atoms with van der Waals surface area (Å²) in [5.74, 6) is 2.03. The highest BCUT2D eigenvalue weighted by atomic mass is 32.2. The Morgan fingerprint density at radius 1 is 1.15 bits per heavy atom. The maximum atomic E-state index is 13.0. The van der Waals surface area contributed by atoms with E-state index in [0.29, 0.717) is 48.9 Å². The average molecular weight is 490 g/mol. The smallest absolute Gasteiger partial charge is 0.243 e. The van der Waals surface area contributed by atoms with Gasteiger partial charge in [-0.2, -0.15) is 4.31 Å². The summed E-state index contributed by atoms with van der Waals surface area (Å²) in [6, 6.07) is 12.3. The maximum absolute atomic E-state index is 13.0. The summed E-state index contributed by atoms with van der Waals surface area (Å²) >= 11 is 1.72. The van der Waals surface area contributed by atoms with E-state index in [1.165, 1.54) is 0 Å². The molecule has 5 rings (SSSR count). The van der Waals surface area contributed by atoms with Crippen molar-refractivity contribution < 1.29 is 22.7 Å². The van der Waals surface area contributed by atoms with Crippen LogP contribution in [0.1, 0.15) is 24.0 Å². The van der Waals surface area contributed by atoms with Gasteiger partial charge in [0.1, 0.15) is 0 Å². The van der Waals surface area contributed by atoms with Crippen LogP contribution in [0.25, 0.3) is 0 Å². The fourth-order valence-corrected chi connectivity index (χ4v) is 7.24. The number of amides is 1. The summed E-state index contributed by atoms with van der Waals surface area (Å²) < 4.78 is 38.2. The molecule has 1 spiro atoms. The van der Waals surface area contributed by atoms with Crippen molar-refractivity contribution in [3.05, 3.63) is 53.6 Å². The fraction of sp³-hybridized carbons (Fsp3) is 0.435. The van der Waals surface area contributed by atoms with Gasteiger partial charge in [-0.15, -0.1) is 11.8 Å². The molecule has 1 atom stereocenters. The Balaban J connectivity index is 1.15. The normalized spacial score (nSPS) is 21.9. The van der Waals surface area contributed by atoms with Crippen LogP contribution in [-0.4, -0.2) is 55.2 Å². The zero-order valence-electron chi connectivity index (χ0n) is 18.4. The molecule has 0 radical (unpaired) electrons. The van der Waals surface area contributed by atoms with Crippen molar-refractivity contribution in [2.24, 2.45) is 0 Å². The summed E-state index contributed by atoms with van der Waals surface area (Å²) in [6.07, 6.45) is 1.32. The van der Waals surface area contributed by atoms with Gasteiger partial charge < -0.3 is 14.8 Å². The molecule has 8 nitrogen and oxygen atoms in total. The molecule has 0 aromatic heterocycles. The highest BCUT2D eigenvalue weighted by Gasteiger charge is 2.45. The van der Waals surface area contributed by atoms with Gasteiger partial charge in [0, 0.05) is 25.4 Å². The molecule has 2 N–H and O–H groups in total. The number of benzene rings is 2. The van der Waals surface area contributed by atoms with Crippen LogP contribution in [-0.2, 0) is 21.4 Å². The number of hydrogen-bond donors (Lipinski definition) is 2. The van der Waals surface area contributed by atoms with Gasteiger partial charge in [0.2, 0.25) is 22.7 Å². The lowest BCUT2D eigenvalue weighted by molar-refractivity contribution is -0.122. The van der Waals surface area contributed by atoms with Gasteiger partial charge >= 0.3 is 0 Å². The zero-order valence-corrected chi connectivity index (χ0v) is 20.0. The molecule has 2 fully saturated rings. The third-order valence-electron chi connectivity index (χ3n) is 6.37. The van der Waals surface area contributed by atoms with Gasteiger partial charge in [0.05, 0.1) is 15.8 Å². The number of carbonyl (C=O) groups excluding carboxylic acids is 1. The van der Waals surface area contributed by atoms with Crippen LogP contribution in [0.5, 0.6) is 11.5 Å². The van der Waals surface area contributed by atoms with Crippen LogP contribution >= 0.6 is 11.8 Å². The first-order chi connectivity index (χ1) is 15.8. The maximum Gasteiger partial charge on any atom is 0.243 e. The summed E-state index contributed by atoms with van der Waals surface area (Å²) in [6.45, 7) is 3.43. The van der Waals surface area contributed by atoms with Gasteiger partial charge in [0.15, 0.2) is 11.5 Å². The molecule has 3 heterocycles. The van der Waals surface area contributed by atoms with Crippen molar-refractivity contribution in [1.29, 1.82) is 0 Å². The number of thioether (sulfide) groups is 1. The zero-order chi connectivity index (χ0) is 23.1. The van der Waals surface area contributed by atoms with Gasteiger partial charge in [-0.25, -0.2) is 8.42 Å². The number of carbonyl (C=O) groups is 1. The number of nitrogens with one attached hydrogen (secondary N) is 2. The monoisotopic (exact) mass is 489 g/mol. The minimum atomic E-state index is -3.50. The summed E-state index contributed by atoms with van der Waals surface area (Å²) in [5.41, 5.74) is 1.98. The Morgan fingerprint density at radius 2 is 1.88 bits per heavy atom. The van der Waals surface area contributed by atoms with Crippen LogP contribution in [0.4, 0.5) is 0 Å². The van der Waals surface area contributed by atoms with E-state index in [0.717, 1.165) is 16.9 Å². The minimum absolute atomic E-state index is 0.0493. The number of hydrogen-bond acceptors (Lipinski definition) is 7. The minimum Gasteiger partial charge on any atom is -0.454 e. The molecule has 2 saturated heterocycles. The first-order valence-electron chi connectivity index (χ1n) is 11.0. The second-order valence-corrected chi connectivity index (χ2v) is 12.0. The first kappa shape index (κ1) is 22.5. The summed E-state index contributed by atoms with van der Waals surface area (Å²) in [5, 5.41) is 6.48. The van der Waals surface area contributed by atoms with E-state index in [4.69, 9.17) is 9.47 Å². The number of rotatable bonds is 5. The lowest BCUT2D eigenvalue weighted by Gasteiger charge is -2.38. The van der Waals surface area contributed by atoms with Crippen molar-refractivity contribution in [3.63, 3.8) is 0 Å². The Morgan fingerprint density at radius 3 is 2.64 bits per heavy atom. The molecule has 3 aliphatic rings. The molecule has 1 unspecified atom stereocenters. The predicted molar refractivity (Wildman–Crippen MR) is 126 cm³/mol. The third kappa shape index (κ3) is 4.57. The number of aryl methyl sites for hydroxylation is 1. The number of nitrogens with zero attached hydrogens (tertiary/aromatic N) is 1. The number of sulfonamides is 1. The second-order valence-electron chi connectivity index (χ2n) is 8.62. The lowest BCUT2D eigenvalue weighted by atomic mass is 10.0. The summed E-state index contributed by atoms with van der Waals surface area (Å²) in [4.78, 5) is 12.8. The van der Waals surface area contributed by atoms with Crippen molar-refractivity contribution in [1.82, 2.24) is 14.9 Å². The molecule has 1 amide bonds. The lowest BCUT2D eigenvalue weighted by Crippen LogP contribution is -2.54. The van der Waals surface area contributed by atoms with E-state index in [9.17, 15) is 13.2 Å². The molecular formula is C23H27N3O5S2. The van der Waals surface area contributed by atoms with E-state index < -0.39 is 10.0 Å². The average Bonchev–Trinajstić information content (AvgIpc) is 3.45. The Bertz CT molecular complexity index is 1150. The Hall–Kier alpha value is -2.27. The van der Waals surface area contributed by atoms with Crippen LogP contribution in [0, 0.1) is 6.92 Å². The highest BCUT2D eigenvalue weighted by Crippen LogP contribution is 2.40. The first-order valence-corrected chi connectivity index (χ1v) is 13.4. The van der Waals surface area contributed by atoms with Crippen LogP contribution in [0.2, 0.25) is 0 Å². The highest BCUT2D eigenvalue weighted by molar-refractivity contribution is 8.01. The molecule has 0 saturated carbocycles. The largest absolute Gasteiger partial charge is 0.454 e. The molecule has 33 heavy (non-hydrogen) atoms. The van der Waals surface area contributed by atoms with E-state index in [-0.39, 0.29) is 23.6 Å². The van der Waals surface area contributed by atoms with Crippen LogP contribution in [0.15, 0.2) is 47.4 Å². The third-order valence-corrected chi connectivity index (χ3v) is 9.86. The van der Waals surface area contributed by atoms with Crippen LogP contribution in [0.3, 0.4) is 0 Å². The Kier molecular flexibility index (Phi) is 6.02. The number of fused-ring (bicyclic) bond motifs is 1. The van der Waals surface area contributed by atoms with E-state index in [1.807, 2.05) is 37.3 Å². The predicted octanol–water partition coefficient (Wildman–Crippen LogP) is 2.23. The quantitative estimate of drug-likeness (QED) is 0.665. The van der Waals surface area contributed by atoms with Crippen LogP contribution < -0.4 is 20.1 Å². The van der Waals surface area contributed by atoms with Gasteiger partial charge in [0.25, 0.3) is 0 Å². The van der Waals surface area contributed by atoms with E-state index >= 15 is 0 Å². The standard InChI is InChI=1S/C23H27N3O5S2/c1-16-2-5-18(6-3-16)33(28,29)26-10-8-23(9-11-26)25-19(14-32-23)22(27)24-13-17-4-7-20-21(12-17)31-15-30-20/h2-7,12,19,25H,8-11,13-15H2,1H3,(H,24,27). The number of piperidine rings is 1. The second kappa shape index (κ2) is 8.83. The Labute approximate surface area is 198 Å². The molecule has 2 aromatic rings. The molecule has 2 aromatic carbocycles. The molecule has 176 valence electrons. The topological polar surface area (TPSA) is 97.0 Å². The molecule has 0 aliphatic carbocycles. The molecule has 0 bridgehead atoms. The van der Waals surface area contributed by atoms with Crippen molar-refractivity contribution in [3.8, 4) is 11.5 Å². The van der Waals surface area contributed by atoms with E-state index in [1.54, 1.807) is 28.2 Å². The number of ether oxygens (including phenoxy) is 2. The van der Waals surface area contributed by atoms with Gasteiger partial charge in [-0.05, 0) is 49.6 Å². The van der Waals surface area contributed by atoms with Crippen molar-refractivity contribution in [2.45, 2.75) is 42.1 Å². The molecule has 3 aliphatic heterocycles. The molecular weight excluding hydrogens is 462 g/mol. The fourth-order valence-electron chi connectivity index (χ4n) is 4.38. The van der Waals surface area contributed by atoms with E-state index in [2.05, 4.69) is 10.6 Å². The summed E-state index contributed by atoms with van der Waals surface area (Å²) in [7, 11) is -3.50. The van der Waals surface area contributed by atoms with Gasteiger partial charge in [-0.3, -0.25) is 10.1 Å². The molecule has 10 heteroatoms. The SMILES string of the molecule is Cc1ccc(S(=O)(=O)N2CCC3(CC2)NC(C(=O)NCc2ccc4c(c2)OCO4)CS3)cc1. The van der Waals surface area contributed by atoms with Crippen molar-refractivity contribution in [2.75, 3.05) is 25.6 Å². The van der Waals surface area contributed by atoms with Gasteiger partial charge in [-0.1, -0.05) is 23.8 Å². The van der Waals surface area contributed by atoms with Crippen molar-refractivity contribution >= 4 is 27.7 Å².